The first-order valence-corrected chi connectivity index (χ1v) is 14.8. The van der Waals surface area contributed by atoms with Crippen molar-refractivity contribution in [2.75, 3.05) is 6.54 Å². The van der Waals surface area contributed by atoms with Crippen molar-refractivity contribution in [2.45, 2.75) is 83.8 Å². The highest BCUT2D eigenvalue weighted by Gasteiger charge is 2.45. The van der Waals surface area contributed by atoms with E-state index in [1.54, 1.807) is 19.9 Å². The van der Waals surface area contributed by atoms with E-state index in [2.05, 4.69) is 10.3 Å². The number of ether oxygens (including phenoxy) is 1. The number of aliphatic hydroxyl groups excluding tert-OH is 1. The van der Waals surface area contributed by atoms with Crippen LogP contribution in [-0.4, -0.2) is 74.2 Å². The van der Waals surface area contributed by atoms with Crippen molar-refractivity contribution in [3.8, 4) is 5.75 Å². The number of aryl methyl sites for hydroxylation is 1. The first-order chi connectivity index (χ1) is 20.4. The van der Waals surface area contributed by atoms with E-state index in [9.17, 15) is 19.5 Å². The molecule has 3 heterocycles. The maximum atomic E-state index is 14.1. The number of carbonyl (C=O) groups is 3. The number of aliphatic hydroxyl groups is 1. The molecule has 1 aromatic carbocycles. The van der Waals surface area contributed by atoms with Crippen LogP contribution in [0.25, 0.3) is 0 Å². The summed E-state index contributed by atoms with van der Waals surface area (Å²) in [5.41, 5.74) is 6.74. The van der Waals surface area contributed by atoms with Crippen molar-refractivity contribution in [1.82, 2.24) is 20.1 Å². The van der Waals surface area contributed by atoms with E-state index in [0.717, 1.165) is 31.4 Å². The van der Waals surface area contributed by atoms with Crippen LogP contribution in [0.1, 0.15) is 74.2 Å². The lowest BCUT2D eigenvalue weighted by Gasteiger charge is -2.40. The van der Waals surface area contributed by atoms with E-state index in [0.29, 0.717) is 17.1 Å². The lowest BCUT2D eigenvalue weighted by molar-refractivity contribution is -0.138. The third kappa shape index (κ3) is 7.41. The van der Waals surface area contributed by atoms with Gasteiger partial charge in [-0.15, -0.1) is 0 Å². The average Bonchev–Trinajstić information content (AvgIpc) is 3.59. The van der Waals surface area contributed by atoms with E-state index >= 15 is 0 Å². The Hall–Kier alpha value is -3.80. The molecule has 230 valence electrons. The molecule has 4 rings (SSSR count). The second-order valence-corrected chi connectivity index (χ2v) is 11.6. The molecule has 12 heteroatoms. The van der Waals surface area contributed by atoms with Crippen LogP contribution in [0, 0.1) is 12.3 Å². The van der Waals surface area contributed by atoms with E-state index < -0.39 is 24.1 Å². The van der Waals surface area contributed by atoms with E-state index in [1.807, 2.05) is 34.9 Å². The van der Waals surface area contributed by atoms with Crippen molar-refractivity contribution < 1.29 is 24.2 Å². The topological polar surface area (TPSA) is 162 Å². The lowest BCUT2D eigenvalue weighted by Crippen LogP contribution is -2.55. The molecular formula is C31H39ClN6O5. The molecule has 0 radical (unpaired) electrons. The minimum Gasteiger partial charge on any atom is -0.450 e. The number of nitrogens with one attached hydrogen (secondary N) is 2. The largest absolute Gasteiger partial charge is 0.450 e. The molecule has 11 nitrogen and oxygen atoms in total. The van der Waals surface area contributed by atoms with Gasteiger partial charge in [-0.2, -0.15) is 0 Å². The summed E-state index contributed by atoms with van der Waals surface area (Å²) in [6.45, 7) is 7.54. The van der Waals surface area contributed by atoms with Crippen LogP contribution in [0.4, 0.5) is 0 Å². The highest BCUT2D eigenvalue weighted by molar-refractivity contribution is 6.30. The van der Waals surface area contributed by atoms with Gasteiger partial charge in [0.15, 0.2) is 5.76 Å². The van der Waals surface area contributed by atoms with E-state index in [1.165, 1.54) is 25.1 Å². The molecule has 1 aromatic heterocycles. The Labute approximate surface area is 256 Å². The molecule has 5 N–H and O–H groups in total. The molecule has 2 aliphatic rings. The molecule has 2 saturated heterocycles. The molecule has 3 amide bonds. The number of nitrogens with two attached hydrogens (primary N) is 1. The van der Waals surface area contributed by atoms with Gasteiger partial charge in [0.05, 0.1) is 11.7 Å². The summed E-state index contributed by atoms with van der Waals surface area (Å²) < 4.78 is 5.54. The Bertz CT molecular complexity index is 1430. The van der Waals surface area contributed by atoms with Gasteiger partial charge in [0.25, 0.3) is 11.8 Å². The quantitative estimate of drug-likeness (QED) is 0.182. The molecule has 0 bridgehead atoms. The Morgan fingerprint density at radius 2 is 1.95 bits per heavy atom. The fourth-order valence-corrected chi connectivity index (χ4v) is 6.14. The summed E-state index contributed by atoms with van der Waals surface area (Å²) in [4.78, 5) is 47.2. The highest BCUT2D eigenvalue weighted by Crippen LogP contribution is 2.40. The monoisotopic (exact) mass is 610 g/mol. The summed E-state index contributed by atoms with van der Waals surface area (Å²) in [5, 5.41) is 21.5. The standard InChI is InChI=1S/C31H39ClN6O5/c1-17(33)15-27(29(34)40)43-26-13-10-23(35-18(26)2)30(41)36-19(3)31(42)38-24(20(4)37-14-6-9-28(37)39)11-12-25(38)21-7-5-8-22(32)16-21/h5,7-8,10,13,15-16,19-20,24-25,28,33,39H,6,9,11-12,14H2,1-4H3,(H2,34,40)(H,36,41)/b27-15+,33-17?/t19-,20+,24-,25+,28?/m1/s1. The molecular weight excluding hydrogens is 572 g/mol. The predicted molar refractivity (Wildman–Crippen MR) is 163 cm³/mol. The van der Waals surface area contributed by atoms with E-state index in [-0.39, 0.29) is 46.9 Å². The number of primary amides is 1. The van der Waals surface area contributed by atoms with Crippen LogP contribution in [-0.2, 0) is 9.59 Å². The fourth-order valence-electron chi connectivity index (χ4n) is 5.94. The van der Waals surface area contributed by atoms with Gasteiger partial charge >= 0.3 is 0 Å². The minimum absolute atomic E-state index is 0.0651. The van der Waals surface area contributed by atoms with Crippen LogP contribution < -0.4 is 15.8 Å². The molecule has 2 fully saturated rings. The SMILES string of the molecule is CC(=N)/C=C(/Oc1ccc(C(=O)N[C@H](C)C(=O)N2[C@@H]([C@H](C)N3CCCC3O)CC[C@H]2c2cccc(Cl)c2)nc1C)C(N)=O. The Kier molecular flexibility index (Phi) is 10.2. The number of pyridine rings is 1. The number of hydrogen-bond donors (Lipinski definition) is 4. The van der Waals surface area contributed by atoms with Gasteiger partial charge in [-0.25, -0.2) is 4.98 Å². The van der Waals surface area contributed by atoms with Crippen molar-refractivity contribution in [2.24, 2.45) is 5.73 Å². The number of carbonyl (C=O) groups excluding carboxylic acids is 3. The molecule has 2 aliphatic heterocycles. The number of amides is 3. The Morgan fingerprint density at radius 3 is 2.56 bits per heavy atom. The Morgan fingerprint density at radius 1 is 1.21 bits per heavy atom. The number of rotatable bonds is 10. The summed E-state index contributed by atoms with van der Waals surface area (Å²) >= 11 is 6.31. The van der Waals surface area contributed by atoms with Gasteiger partial charge in [0.1, 0.15) is 23.7 Å². The molecule has 5 atom stereocenters. The number of aromatic nitrogens is 1. The number of benzene rings is 1. The van der Waals surface area contributed by atoms with Crippen molar-refractivity contribution in [1.29, 1.82) is 5.41 Å². The lowest BCUT2D eigenvalue weighted by atomic mass is 10.0. The summed E-state index contributed by atoms with van der Waals surface area (Å²) in [7, 11) is 0. The van der Waals surface area contributed by atoms with Gasteiger partial charge in [-0.1, -0.05) is 23.7 Å². The number of halogens is 1. The summed E-state index contributed by atoms with van der Waals surface area (Å²) in [5.74, 6) is -1.65. The number of hydrogen-bond acceptors (Lipinski definition) is 8. The summed E-state index contributed by atoms with van der Waals surface area (Å²) in [6.07, 6.45) is 3.73. The molecule has 0 saturated carbocycles. The zero-order valence-corrected chi connectivity index (χ0v) is 25.6. The molecule has 1 unspecified atom stereocenters. The second-order valence-electron chi connectivity index (χ2n) is 11.2. The smallest absolute Gasteiger partial charge is 0.284 e. The first-order valence-electron chi connectivity index (χ1n) is 14.4. The Balaban J connectivity index is 1.53. The van der Waals surface area contributed by atoms with Gasteiger partial charge in [0, 0.05) is 35.4 Å². The van der Waals surface area contributed by atoms with Crippen molar-refractivity contribution in [3.05, 3.63) is 70.2 Å². The first kappa shape index (κ1) is 32.1. The molecule has 0 spiro atoms. The number of allylic oxidation sites excluding steroid dienone is 1. The predicted octanol–water partition coefficient (Wildman–Crippen LogP) is 3.48. The second kappa shape index (κ2) is 13.7. The third-order valence-corrected chi connectivity index (χ3v) is 8.29. The van der Waals surface area contributed by atoms with Crippen LogP contribution in [0.5, 0.6) is 5.75 Å². The van der Waals surface area contributed by atoms with Crippen LogP contribution in [0.3, 0.4) is 0 Å². The van der Waals surface area contributed by atoms with Gasteiger partial charge in [-0.3, -0.25) is 19.3 Å². The zero-order chi connectivity index (χ0) is 31.4. The van der Waals surface area contributed by atoms with E-state index in [4.69, 9.17) is 27.5 Å². The van der Waals surface area contributed by atoms with Crippen LogP contribution in [0.2, 0.25) is 5.02 Å². The molecule has 2 aromatic rings. The van der Waals surface area contributed by atoms with Crippen LogP contribution >= 0.6 is 11.6 Å². The van der Waals surface area contributed by atoms with Crippen molar-refractivity contribution >= 4 is 35.0 Å². The maximum absolute atomic E-state index is 14.1. The minimum atomic E-state index is -0.872. The normalized spacial score (nSPS) is 22.2. The van der Waals surface area contributed by atoms with Crippen molar-refractivity contribution in [3.63, 3.8) is 0 Å². The fraction of sp³-hybridized carbons (Fsp3) is 0.452. The highest BCUT2D eigenvalue weighted by atomic mass is 35.5. The molecule has 0 aliphatic carbocycles. The average molecular weight is 611 g/mol. The van der Waals surface area contributed by atoms with Crippen LogP contribution in [0.15, 0.2) is 48.2 Å². The van der Waals surface area contributed by atoms with Gasteiger partial charge in [0.2, 0.25) is 5.91 Å². The van der Waals surface area contributed by atoms with Gasteiger partial charge in [-0.05, 0) is 83.2 Å². The van der Waals surface area contributed by atoms with Gasteiger partial charge < -0.3 is 31.2 Å². The summed E-state index contributed by atoms with van der Waals surface area (Å²) in [6, 6.07) is 9.03. The molecule has 43 heavy (non-hydrogen) atoms. The number of nitrogens with zero attached hydrogens (tertiary/aromatic N) is 3. The third-order valence-electron chi connectivity index (χ3n) is 8.06. The number of likely N-dealkylation sites (tertiary alicyclic amines) is 2. The maximum Gasteiger partial charge on any atom is 0.284 e. The zero-order valence-electron chi connectivity index (χ0n) is 24.8.